The average Bonchev–Trinajstić information content (AvgIpc) is 3.44. The molecule has 3 heterocycles. The number of nitro groups is 1. The Morgan fingerprint density at radius 2 is 1.70 bits per heavy atom. The zero-order valence-electron chi connectivity index (χ0n) is 17.2. The molecule has 0 aliphatic carbocycles. The predicted octanol–water partition coefficient (Wildman–Crippen LogP) is 5.10. The predicted molar refractivity (Wildman–Crippen MR) is 127 cm³/mol. The number of aromatic nitrogens is 2. The van der Waals surface area contributed by atoms with Gasteiger partial charge in [0.1, 0.15) is 11.9 Å². The highest BCUT2D eigenvalue weighted by Crippen LogP contribution is 2.42. The van der Waals surface area contributed by atoms with E-state index in [0.29, 0.717) is 5.11 Å². The summed E-state index contributed by atoms with van der Waals surface area (Å²) in [4.78, 5) is 17.1. The van der Waals surface area contributed by atoms with E-state index < -0.39 is 4.92 Å². The van der Waals surface area contributed by atoms with Crippen molar-refractivity contribution in [3.8, 4) is 5.69 Å². The zero-order chi connectivity index (χ0) is 22.9. The molecular formula is C24H18FN5O2S. The van der Waals surface area contributed by atoms with Crippen LogP contribution in [0.1, 0.15) is 23.5 Å². The van der Waals surface area contributed by atoms with E-state index in [1.807, 2.05) is 46.0 Å². The molecule has 1 N–H and O–H groups in total. The van der Waals surface area contributed by atoms with Gasteiger partial charge in [-0.25, -0.2) is 4.39 Å². The van der Waals surface area contributed by atoms with Gasteiger partial charge in [-0.1, -0.05) is 6.07 Å². The molecule has 33 heavy (non-hydrogen) atoms. The largest absolute Gasteiger partial charge is 0.351 e. The highest BCUT2D eigenvalue weighted by molar-refractivity contribution is 7.80. The highest BCUT2D eigenvalue weighted by Gasteiger charge is 2.42. The van der Waals surface area contributed by atoms with Crippen molar-refractivity contribution in [2.24, 2.45) is 0 Å². The second-order valence-corrected chi connectivity index (χ2v) is 7.94. The topological polar surface area (TPSA) is 76.2 Å². The molecule has 0 spiro atoms. The molecule has 2 aromatic carbocycles. The summed E-state index contributed by atoms with van der Waals surface area (Å²) >= 11 is 5.70. The SMILES string of the molecule is O=[N+]([O-])c1ccc(-n2cccc2[C@H]2[C@H](c3ccccn3)NC(=S)N2c2ccc(F)cc2)cc1. The fourth-order valence-corrected chi connectivity index (χ4v) is 4.49. The summed E-state index contributed by atoms with van der Waals surface area (Å²) in [7, 11) is 0. The van der Waals surface area contributed by atoms with E-state index >= 15 is 0 Å². The maximum Gasteiger partial charge on any atom is 0.269 e. The minimum atomic E-state index is -0.424. The lowest BCUT2D eigenvalue weighted by atomic mass is 10.0. The summed E-state index contributed by atoms with van der Waals surface area (Å²) in [6, 6.07) is 21.6. The lowest BCUT2D eigenvalue weighted by Crippen LogP contribution is -2.30. The molecule has 4 aromatic rings. The summed E-state index contributed by atoms with van der Waals surface area (Å²) in [5, 5.41) is 14.9. The molecular weight excluding hydrogens is 441 g/mol. The highest BCUT2D eigenvalue weighted by atomic mass is 32.1. The quantitative estimate of drug-likeness (QED) is 0.254. The first kappa shape index (κ1) is 20.8. The molecule has 9 heteroatoms. The van der Waals surface area contributed by atoms with Gasteiger partial charge >= 0.3 is 0 Å². The molecule has 2 aromatic heterocycles. The number of rotatable bonds is 5. The molecule has 164 valence electrons. The van der Waals surface area contributed by atoms with Crippen LogP contribution in [-0.2, 0) is 0 Å². The maximum atomic E-state index is 13.6. The Balaban J connectivity index is 1.63. The number of benzene rings is 2. The van der Waals surface area contributed by atoms with E-state index in [0.717, 1.165) is 22.8 Å². The Kier molecular flexibility index (Phi) is 5.31. The van der Waals surface area contributed by atoms with Gasteiger partial charge in [-0.05, 0) is 72.9 Å². The molecule has 1 fully saturated rings. The number of halogens is 1. The Hall–Kier alpha value is -4.11. The lowest BCUT2D eigenvalue weighted by molar-refractivity contribution is -0.384. The summed E-state index contributed by atoms with van der Waals surface area (Å²) in [6.45, 7) is 0. The molecule has 0 bridgehead atoms. The van der Waals surface area contributed by atoms with Crippen LogP contribution in [0.5, 0.6) is 0 Å². The number of pyridine rings is 1. The smallest absolute Gasteiger partial charge is 0.269 e. The zero-order valence-corrected chi connectivity index (χ0v) is 18.0. The normalized spacial score (nSPS) is 17.7. The first-order valence-corrected chi connectivity index (χ1v) is 10.6. The van der Waals surface area contributed by atoms with E-state index in [1.54, 1.807) is 30.5 Å². The molecule has 0 unspecified atom stereocenters. The second kappa shape index (κ2) is 8.44. The van der Waals surface area contributed by atoms with Crippen LogP contribution in [-0.4, -0.2) is 19.6 Å². The number of anilines is 1. The summed E-state index contributed by atoms with van der Waals surface area (Å²) in [5.74, 6) is -0.330. The molecule has 5 rings (SSSR count). The Morgan fingerprint density at radius 1 is 0.970 bits per heavy atom. The van der Waals surface area contributed by atoms with Crippen molar-refractivity contribution in [2.75, 3.05) is 4.90 Å². The minimum Gasteiger partial charge on any atom is -0.351 e. The van der Waals surface area contributed by atoms with Crippen molar-refractivity contribution in [1.29, 1.82) is 0 Å². The average molecular weight is 460 g/mol. The van der Waals surface area contributed by atoms with Gasteiger partial charge in [0.2, 0.25) is 0 Å². The van der Waals surface area contributed by atoms with Crippen LogP contribution in [0.15, 0.2) is 91.3 Å². The molecule has 0 saturated carbocycles. The third kappa shape index (κ3) is 3.83. The number of hydrogen-bond donors (Lipinski definition) is 1. The van der Waals surface area contributed by atoms with Crippen molar-refractivity contribution in [1.82, 2.24) is 14.9 Å². The van der Waals surface area contributed by atoms with Crippen LogP contribution in [0.25, 0.3) is 5.69 Å². The fraction of sp³-hybridized carbons (Fsp3) is 0.0833. The third-order valence-electron chi connectivity index (χ3n) is 5.62. The van der Waals surface area contributed by atoms with Crippen LogP contribution in [0, 0.1) is 15.9 Å². The van der Waals surface area contributed by atoms with E-state index in [2.05, 4.69) is 10.3 Å². The minimum absolute atomic E-state index is 0.0236. The van der Waals surface area contributed by atoms with E-state index in [-0.39, 0.29) is 23.6 Å². The molecule has 1 saturated heterocycles. The maximum absolute atomic E-state index is 13.6. The first-order valence-electron chi connectivity index (χ1n) is 10.2. The summed E-state index contributed by atoms with van der Waals surface area (Å²) in [6.07, 6.45) is 3.63. The van der Waals surface area contributed by atoms with Crippen molar-refractivity contribution in [2.45, 2.75) is 12.1 Å². The Morgan fingerprint density at radius 3 is 2.36 bits per heavy atom. The standard InChI is InChI=1S/C24H18FN5O2S/c25-16-6-8-18(9-7-16)29-23(22(27-24(29)33)20-4-1-2-14-26-20)21-5-3-15-28(21)17-10-12-19(13-11-17)30(31)32/h1-15,22-23H,(H,27,33)/t22-,23-/m0/s1. The van der Waals surface area contributed by atoms with Gasteiger partial charge in [0, 0.05) is 41.6 Å². The van der Waals surface area contributed by atoms with Gasteiger partial charge < -0.3 is 14.8 Å². The van der Waals surface area contributed by atoms with Crippen LogP contribution in [0.2, 0.25) is 0 Å². The molecule has 0 radical (unpaired) electrons. The molecule has 1 aliphatic rings. The monoisotopic (exact) mass is 459 g/mol. The van der Waals surface area contributed by atoms with E-state index in [1.165, 1.54) is 24.3 Å². The number of non-ortho nitro benzene ring substituents is 1. The van der Waals surface area contributed by atoms with Crippen molar-refractivity contribution < 1.29 is 9.31 Å². The van der Waals surface area contributed by atoms with Crippen LogP contribution < -0.4 is 10.2 Å². The third-order valence-corrected chi connectivity index (χ3v) is 5.94. The van der Waals surface area contributed by atoms with Gasteiger partial charge in [0.15, 0.2) is 5.11 Å². The molecule has 1 aliphatic heterocycles. The molecule has 0 amide bonds. The second-order valence-electron chi connectivity index (χ2n) is 7.55. The van der Waals surface area contributed by atoms with E-state index in [9.17, 15) is 14.5 Å². The number of nitrogens with one attached hydrogen (secondary N) is 1. The number of hydrogen-bond acceptors (Lipinski definition) is 4. The van der Waals surface area contributed by atoms with Crippen molar-refractivity contribution in [3.05, 3.63) is 119 Å². The lowest BCUT2D eigenvalue weighted by Gasteiger charge is -2.29. The summed E-state index contributed by atoms with van der Waals surface area (Å²) < 4.78 is 15.6. The van der Waals surface area contributed by atoms with Gasteiger partial charge in [0.05, 0.1) is 16.7 Å². The summed E-state index contributed by atoms with van der Waals surface area (Å²) in [5.41, 5.74) is 3.25. The van der Waals surface area contributed by atoms with Crippen LogP contribution in [0.3, 0.4) is 0 Å². The van der Waals surface area contributed by atoms with Gasteiger partial charge in [-0.3, -0.25) is 15.1 Å². The number of nitro benzene ring substituents is 1. The molecule has 7 nitrogen and oxygen atoms in total. The van der Waals surface area contributed by atoms with Crippen molar-refractivity contribution in [3.63, 3.8) is 0 Å². The van der Waals surface area contributed by atoms with Gasteiger partial charge in [0.25, 0.3) is 5.69 Å². The molecule has 2 atom stereocenters. The first-order chi connectivity index (χ1) is 16.0. The van der Waals surface area contributed by atoms with Crippen LogP contribution >= 0.6 is 12.2 Å². The van der Waals surface area contributed by atoms with E-state index in [4.69, 9.17) is 12.2 Å². The number of nitrogens with zero attached hydrogens (tertiary/aromatic N) is 4. The Bertz CT molecular complexity index is 1310. The van der Waals surface area contributed by atoms with Gasteiger partial charge in [-0.2, -0.15) is 0 Å². The number of thiocarbonyl (C=S) groups is 1. The Labute approximate surface area is 194 Å². The van der Waals surface area contributed by atoms with Crippen molar-refractivity contribution >= 4 is 28.7 Å². The van der Waals surface area contributed by atoms with Crippen LogP contribution in [0.4, 0.5) is 15.8 Å². The van der Waals surface area contributed by atoms with Gasteiger partial charge in [-0.15, -0.1) is 0 Å². The fourth-order valence-electron chi connectivity index (χ4n) is 4.14.